The number of hydrogen-bond donors (Lipinski definition) is 1. The molecule has 3 amide bonds. The second-order valence-corrected chi connectivity index (χ2v) is 7.64. The smallest absolute Gasteiger partial charge is 0.416 e. The zero-order chi connectivity index (χ0) is 20.0. The lowest BCUT2D eigenvalue weighted by molar-refractivity contribution is -0.134. The number of nitrogens with zero attached hydrogens (tertiary/aromatic N) is 2. The number of rotatable bonds is 5. The summed E-state index contributed by atoms with van der Waals surface area (Å²) < 4.78 is 10.1. The van der Waals surface area contributed by atoms with E-state index in [2.05, 4.69) is 12.6 Å². The number of carbonyl (C=O) groups excluding carboxylic acids is 3. The molecular formula is C19H26N2O5S. The molecular weight excluding hydrogens is 368 g/mol. The third-order valence-electron chi connectivity index (χ3n) is 4.21. The summed E-state index contributed by atoms with van der Waals surface area (Å²) in [6, 6.07) is 8.49. The van der Waals surface area contributed by atoms with E-state index >= 15 is 0 Å². The SMILES string of the molecule is COC(=O)N(CC(C)C)C(=O)[C@@H]1C[C@@H](S)CN1C(=O)OCc1ccccc1. The van der Waals surface area contributed by atoms with E-state index < -0.39 is 24.1 Å². The first-order valence-electron chi connectivity index (χ1n) is 8.88. The number of imide groups is 1. The van der Waals surface area contributed by atoms with E-state index in [4.69, 9.17) is 9.47 Å². The Morgan fingerprint density at radius 3 is 2.52 bits per heavy atom. The zero-order valence-corrected chi connectivity index (χ0v) is 16.7. The van der Waals surface area contributed by atoms with Gasteiger partial charge < -0.3 is 9.47 Å². The van der Waals surface area contributed by atoms with Gasteiger partial charge in [-0.25, -0.2) is 14.5 Å². The Morgan fingerprint density at radius 2 is 1.93 bits per heavy atom. The van der Waals surface area contributed by atoms with Crippen LogP contribution >= 0.6 is 12.6 Å². The van der Waals surface area contributed by atoms with Gasteiger partial charge in [0.05, 0.1) is 7.11 Å². The highest BCUT2D eigenvalue weighted by atomic mass is 32.1. The van der Waals surface area contributed by atoms with Gasteiger partial charge in [-0.1, -0.05) is 44.2 Å². The molecule has 148 valence electrons. The fourth-order valence-electron chi connectivity index (χ4n) is 2.96. The third-order valence-corrected chi connectivity index (χ3v) is 4.59. The molecule has 7 nitrogen and oxygen atoms in total. The fraction of sp³-hybridized carbons (Fsp3) is 0.526. The van der Waals surface area contributed by atoms with E-state index in [1.807, 2.05) is 44.2 Å². The second kappa shape index (κ2) is 9.64. The van der Waals surface area contributed by atoms with Crippen molar-refractivity contribution in [3.63, 3.8) is 0 Å². The predicted octanol–water partition coefficient (Wildman–Crippen LogP) is 2.95. The summed E-state index contributed by atoms with van der Waals surface area (Å²) in [4.78, 5) is 39.9. The van der Waals surface area contributed by atoms with Gasteiger partial charge in [0, 0.05) is 18.3 Å². The molecule has 1 fully saturated rings. The normalized spacial score (nSPS) is 19.1. The van der Waals surface area contributed by atoms with Crippen molar-refractivity contribution in [2.45, 2.75) is 38.2 Å². The molecule has 1 aromatic rings. The van der Waals surface area contributed by atoms with E-state index in [9.17, 15) is 14.4 Å². The van der Waals surface area contributed by atoms with Gasteiger partial charge >= 0.3 is 12.2 Å². The molecule has 0 bridgehead atoms. The summed E-state index contributed by atoms with van der Waals surface area (Å²) in [5.74, 6) is -0.400. The highest BCUT2D eigenvalue weighted by Crippen LogP contribution is 2.25. The van der Waals surface area contributed by atoms with Crippen molar-refractivity contribution in [3.8, 4) is 0 Å². The van der Waals surface area contributed by atoms with Crippen molar-refractivity contribution < 1.29 is 23.9 Å². The van der Waals surface area contributed by atoms with Crippen LogP contribution in [0.4, 0.5) is 9.59 Å². The quantitative estimate of drug-likeness (QED) is 0.777. The molecule has 27 heavy (non-hydrogen) atoms. The summed E-state index contributed by atoms with van der Waals surface area (Å²) in [6.07, 6.45) is -0.967. The number of thiol groups is 1. The Hall–Kier alpha value is -2.22. The number of carbonyl (C=O) groups is 3. The Bertz CT molecular complexity index is 667. The van der Waals surface area contributed by atoms with Gasteiger partial charge in [0.25, 0.3) is 5.91 Å². The molecule has 0 spiro atoms. The molecule has 2 atom stereocenters. The molecule has 8 heteroatoms. The minimum atomic E-state index is -0.798. The Kier molecular flexibility index (Phi) is 7.53. The predicted molar refractivity (Wildman–Crippen MR) is 103 cm³/mol. The molecule has 0 unspecified atom stereocenters. The molecule has 0 saturated carbocycles. The van der Waals surface area contributed by atoms with Crippen molar-refractivity contribution in [3.05, 3.63) is 35.9 Å². The van der Waals surface area contributed by atoms with Crippen LogP contribution in [0.1, 0.15) is 25.8 Å². The molecule has 0 aliphatic carbocycles. The van der Waals surface area contributed by atoms with Crippen molar-refractivity contribution in [1.29, 1.82) is 0 Å². The van der Waals surface area contributed by atoms with Crippen LogP contribution in [0.15, 0.2) is 30.3 Å². The molecule has 1 aromatic carbocycles. The summed E-state index contributed by atoms with van der Waals surface area (Å²) in [5, 5.41) is -0.165. The van der Waals surface area contributed by atoms with Crippen LogP contribution in [0, 0.1) is 5.92 Å². The summed E-state index contributed by atoms with van der Waals surface area (Å²) in [5.41, 5.74) is 0.853. The monoisotopic (exact) mass is 394 g/mol. The molecule has 0 aromatic heterocycles. The van der Waals surface area contributed by atoms with Gasteiger partial charge in [0.15, 0.2) is 0 Å². The Balaban J connectivity index is 2.09. The highest BCUT2D eigenvalue weighted by Gasteiger charge is 2.42. The largest absolute Gasteiger partial charge is 0.452 e. The second-order valence-electron chi connectivity index (χ2n) is 6.91. The van der Waals surface area contributed by atoms with Crippen LogP contribution in [0.2, 0.25) is 0 Å². The van der Waals surface area contributed by atoms with Gasteiger partial charge in [-0.15, -0.1) is 0 Å². The molecule has 0 N–H and O–H groups in total. The van der Waals surface area contributed by atoms with Crippen LogP contribution in [-0.4, -0.2) is 59.4 Å². The van der Waals surface area contributed by atoms with Crippen LogP contribution in [0.25, 0.3) is 0 Å². The number of methoxy groups -OCH3 is 1. The molecule has 0 radical (unpaired) electrons. The van der Waals surface area contributed by atoms with E-state index in [1.54, 1.807) is 0 Å². The molecule has 1 heterocycles. The molecule has 2 rings (SSSR count). The lowest BCUT2D eigenvalue weighted by Crippen LogP contribution is -2.50. The van der Waals surface area contributed by atoms with Crippen LogP contribution in [-0.2, 0) is 20.9 Å². The Labute approximate surface area is 165 Å². The minimum absolute atomic E-state index is 0.0692. The summed E-state index contributed by atoms with van der Waals surface area (Å²) in [7, 11) is 1.23. The van der Waals surface area contributed by atoms with E-state index in [0.717, 1.165) is 10.5 Å². The van der Waals surface area contributed by atoms with Crippen LogP contribution in [0.3, 0.4) is 0 Å². The van der Waals surface area contributed by atoms with Gasteiger partial charge in [0.1, 0.15) is 12.6 Å². The van der Waals surface area contributed by atoms with E-state index in [1.165, 1.54) is 12.0 Å². The average Bonchev–Trinajstić information content (AvgIpc) is 3.05. The van der Waals surface area contributed by atoms with Gasteiger partial charge in [-0.2, -0.15) is 12.6 Å². The Morgan fingerprint density at radius 1 is 1.26 bits per heavy atom. The number of benzene rings is 1. The average molecular weight is 394 g/mol. The van der Waals surface area contributed by atoms with Gasteiger partial charge in [-0.05, 0) is 17.9 Å². The molecule has 1 aliphatic heterocycles. The lowest BCUT2D eigenvalue weighted by atomic mass is 10.1. The minimum Gasteiger partial charge on any atom is -0.452 e. The first-order chi connectivity index (χ1) is 12.8. The maximum atomic E-state index is 13.0. The summed E-state index contributed by atoms with van der Waals surface area (Å²) >= 11 is 4.41. The van der Waals surface area contributed by atoms with E-state index in [-0.39, 0.29) is 30.9 Å². The zero-order valence-electron chi connectivity index (χ0n) is 15.8. The van der Waals surface area contributed by atoms with Gasteiger partial charge in [-0.3, -0.25) is 9.69 Å². The van der Waals surface area contributed by atoms with Crippen LogP contribution in [0.5, 0.6) is 0 Å². The maximum absolute atomic E-state index is 13.0. The summed E-state index contributed by atoms with van der Waals surface area (Å²) in [6.45, 7) is 4.40. The first-order valence-corrected chi connectivity index (χ1v) is 9.39. The number of hydrogen-bond acceptors (Lipinski definition) is 6. The van der Waals surface area contributed by atoms with E-state index in [0.29, 0.717) is 6.42 Å². The number of likely N-dealkylation sites (tertiary alicyclic amines) is 1. The van der Waals surface area contributed by atoms with Crippen molar-refractivity contribution in [2.75, 3.05) is 20.2 Å². The van der Waals surface area contributed by atoms with Crippen LogP contribution < -0.4 is 0 Å². The topological polar surface area (TPSA) is 76.2 Å². The van der Waals surface area contributed by atoms with Crippen molar-refractivity contribution in [1.82, 2.24) is 9.80 Å². The molecule has 1 aliphatic rings. The fourth-order valence-corrected chi connectivity index (χ4v) is 3.34. The molecule has 1 saturated heterocycles. The van der Waals surface area contributed by atoms with Crippen molar-refractivity contribution >= 4 is 30.7 Å². The van der Waals surface area contributed by atoms with Gasteiger partial charge in [0.2, 0.25) is 0 Å². The lowest BCUT2D eigenvalue weighted by Gasteiger charge is -2.28. The first kappa shape index (κ1) is 21.1. The maximum Gasteiger partial charge on any atom is 0.416 e. The standard InChI is InChI=1S/C19H26N2O5S/c1-13(2)10-21(18(23)25-3)17(22)16-9-15(27)11-20(16)19(24)26-12-14-7-5-4-6-8-14/h4-8,13,15-16,27H,9-12H2,1-3H3/t15-,16+/m1/s1. The van der Waals surface area contributed by atoms with Crippen molar-refractivity contribution in [2.24, 2.45) is 5.92 Å². The highest BCUT2D eigenvalue weighted by molar-refractivity contribution is 7.81. The number of ether oxygens (including phenoxy) is 2. The third kappa shape index (κ3) is 5.63. The number of amides is 3.